The number of para-hydroxylation sites is 2. The number of rotatable bonds is 8. The van der Waals surface area contributed by atoms with E-state index in [9.17, 15) is 0 Å². The molecule has 0 amide bonds. The highest BCUT2D eigenvalue weighted by atomic mass is 32.1. The number of hydrogen-bond acceptors (Lipinski definition) is 9. The molecule has 0 saturated heterocycles. The first-order valence-corrected chi connectivity index (χ1v) is 28.8. The summed E-state index contributed by atoms with van der Waals surface area (Å²) in [5.41, 5.74) is 13.8. The van der Waals surface area contributed by atoms with Gasteiger partial charge in [-0.05, 0) is 42.5 Å². The summed E-state index contributed by atoms with van der Waals surface area (Å²) >= 11 is 3.64. The highest BCUT2D eigenvalue weighted by Crippen LogP contribution is 2.45. The Kier molecular flexibility index (Phi) is 12.4. The number of hydrogen-bond donors (Lipinski definition) is 0. The molecule has 6 heterocycles. The number of fused-ring (bicyclic) bond motifs is 10. The smallest absolute Gasteiger partial charge is 0.164 e. The van der Waals surface area contributed by atoms with E-state index in [1.807, 2.05) is 120 Å². The average Bonchev–Trinajstić information content (AvgIpc) is 4.13. The zero-order valence-corrected chi connectivity index (χ0v) is 45.6. The van der Waals surface area contributed by atoms with Crippen molar-refractivity contribution in [3.63, 3.8) is 0 Å². The van der Waals surface area contributed by atoms with Gasteiger partial charge in [-0.25, -0.2) is 34.9 Å². The van der Waals surface area contributed by atoms with Crippen LogP contribution in [-0.4, -0.2) is 34.9 Å². The number of thiophene rings is 2. The molecule has 10 aromatic carbocycles. The van der Waals surface area contributed by atoms with Gasteiger partial charge in [0.15, 0.2) is 23.3 Å². The Morgan fingerprint density at radius 1 is 0.220 bits per heavy atom. The summed E-state index contributed by atoms with van der Waals surface area (Å²) in [4.78, 5) is 35.2. The first kappa shape index (κ1) is 48.7. The van der Waals surface area contributed by atoms with Crippen molar-refractivity contribution in [2.45, 2.75) is 0 Å². The molecule has 0 bridgehead atoms. The molecule has 0 aliphatic rings. The van der Waals surface area contributed by atoms with Gasteiger partial charge in [-0.15, -0.1) is 22.7 Å². The SMILES string of the molecule is c1ccc(-c2cc(-c3cccc(-c4nc5ccccc5c5c4sc4ccccc45)c3)nc(-c3ccccc3)n2)cc1.c1ccc(-c2nc(-c3ccccc3)nc(-c3cccc(-c4nc5ccccc5c5sc6ccccc6c45)c3)n2)cc1. The molecule has 0 fully saturated rings. The van der Waals surface area contributed by atoms with Crippen LogP contribution in [0.1, 0.15) is 0 Å². The molecule has 0 spiro atoms. The molecule has 16 rings (SSSR count). The van der Waals surface area contributed by atoms with Gasteiger partial charge in [0.25, 0.3) is 0 Å². The Bertz CT molecular complexity index is 4930. The summed E-state index contributed by atoms with van der Waals surface area (Å²) < 4.78 is 5.00. The van der Waals surface area contributed by atoms with E-state index in [4.69, 9.17) is 34.9 Å². The van der Waals surface area contributed by atoms with Crippen LogP contribution in [0.5, 0.6) is 0 Å². The van der Waals surface area contributed by atoms with Crippen LogP contribution < -0.4 is 0 Å². The van der Waals surface area contributed by atoms with Gasteiger partial charge < -0.3 is 0 Å². The molecule has 9 heteroatoms. The molecule has 7 nitrogen and oxygen atoms in total. The maximum absolute atomic E-state index is 5.21. The fourth-order valence-electron chi connectivity index (χ4n) is 10.9. The maximum Gasteiger partial charge on any atom is 0.164 e. The lowest BCUT2D eigenvalue weighted by atomic mass is 10.0. The van der Waals surface area contributed by atoms with Gasteiger partial charge in [-0.1, -0.05) is 231 Å². The maximum atomic E-state index is 5.21. The van der Waals surface area contributed by atoms with Crippen LogP contribution in [0.15, 0.2) is 273 Å². The first-order valence-electron chi connectivity index (χ1n) is 27.1. The van der Waals surface area contributed by atoms with Crippen molar-refractivity contribution in [1.29, 1.82) is 0 Å². The van der Waals surface area contributed by atoms with Gasteiger partial charge >= 0.3 is 0 Å². The van der Waals surface area contributed by atoms with Gasteiger partial charge in [0.1, 0.15) is 0 Å². The second-order valence-electron chi connectivity index (χ2n) is 20.0. The molecule has 0 aliphatic carbocycles. The summed E-state index contributed by atoms with van der Waals surface area (Å²) in [5.74, 6) is 2.64. The van der Waals surface area contributed by atoms with Gasteiger partial charge in [0.2, 0.25) is 0 Å². The third-order valence-corrected chi connectivity index (χ3v) is 17.2. The number of nitrogens with zero attached hydrogens (tertiary/aromatic N) is 7. The lowest BCUT2D eigenvalue weighted by molar-refractivity contribution is 1.07. The first-order chi connectivity index (χ1) is 40.6. The number of aromatic nitrogens is 7. The van der Waals surface area contributed by atoms with Crippen LogP contribution in [0.3, 0.4) is 0 Å². The fourth-order valence-corrected chi connectivity index (χ4v) is 13.4. The molecule has 384 valence electrons. The van der Waals surface area contributed by atoms with Gasteiger partial charge in [0.05, 0.1) is 38.5 Å². The van der Waals surface area contributed by atoms with E-state index >= 15 is 0 Å². The second kappa shape index (κ2) is 21.0. The highest BCUT2D eigenvalue weighted by Gasteiger charge is 2.20. The third kappa shape index (κ3) is 9.10. The summed E-state index contributed by atoms with van der Waals surface area (Å²) in [7, 11) is 0. The Balaban J connectivity index is 0.000000140. The predicted molar refractivity (Wildman–Crippen MR) is 342 cm³/mol. The van der Waals surface area contributed by atoms with E-state index in [1.54, 1.807) is 0 Å². The van der Waals surface area contributed by atoms with E-state index in [-0.39, 0.29) is 0 Å². The lowest BCUT2D eigenvalue weighted by Crippen LogP contribution is -2.00. The minimum absolute atomic E-state index is 0.631. The van der Waals surface area contributed by atoms with Crippen LogP contribution in [0, 0.1) is 0 Å². The molecule has 0 radical (unpaired) electrons. The van der Waals surface area contributed by atoms with Crippen LogP contribution in [0.4, 0.5) is 0 Å². The normalized spacial score (nSPS) is 11.4. The molecule has 16 aromatic rings. The summed E-state index contributed by atoms with van der Waals surface area (Å²) in [6.07, 6.45) is 0. The van der Waals surface area contributed by atoms with Crippen LogP contribution in [-0.2, 0) is 0 Å². The van der Waals surface area contributed by atoms with Crippen LogP contribution in [0.25, 0.3) is 153 Å². The van der Waals surface area contributed by atoms with E-state index in [2.05, 4.69) is 176 Å². The molecular weight excluding hydrogens is 1040 g/mol. The molecule has 82 heavy (non-hydrogen) atoms. The fraction of sp³-hybridized carbons (Fsp3) is 0. The largest absolute Gasteiger partial charge is 0.247 e. The van der Waals surface area contributed by atoms with Crippen molar-refractivity contribution in [2.24, 2.45) is 0 Å². The zero-order chi connectivity index (χ0) is 54.3. The molecular formula is C73H45N7S2. The van der Waals surface area contributed by atoms with Crippen molar-refractivity contribution < 1.29 is 0 Å². The number of benzene rings is 10. The highest BCUT2D eigenvalue weighted by molar-refractivity contribution is 7.27. The minimum atomic E-state index is 0.631. The Morgan fingerprint density at radius 2 is 0.598 bits per heavy atom. The standard InChI is InChI=1S/C37H23N3S.C36H22N4S/c1-3-12-24(13-4-1)31-23-32(40-37(39-31)25-14-5-2-6-15-25)26-16-11-17-27(22-26)35-36-34(28-18-7-9-20-30(28)38-35)29-19-8-10-21-33(29)41-36;1-3-12-23(13-4-1)34-38-35(24-14-5-2-6-15-24)40-36(39-34)26-17-11-16-25(22-26)32-31-28-19-8-10-21-30(28)41-33(31)27-18-7-9-20-29(27)37-32/h1-23H;1-22H. The lowest BCUT2D eigenvalue weighted by Gasteiger charge is -2.11. The molecule has 6 aromatic heterocycles. The van der Waals surface area contributed by atoms with Crippen molar-refractivity contribution >= 4 is 84.8 Å². The monoisotopic (exact) mass is 1080 g/mol. The Labute approximate surface area is 480 Å². The van der Waals surface area contributed by atoms with E-state index < -0.39 is 0 Å². The predicted octanol–water partition coefficient (Wildman–Crippen LogP) is 19.5. The molecule has 0 unspecified atom stereocenters. The number of pyridine rings is 2. The van der Waals surface area contributed by atoms with Crippen LogP contribution in [0.2, 0.25) is 0 Å². The second-order valence-corrected chi connectivity index (χ2v) is 22.1. The average molecular weight is 1080 g/mol. The van der Waals surface area contributed by atoms with Crippen molar-refractivity contribution in [1.82, 2.24) is 34.9 Å². The molecule has 0 aliphatic heterocycles. The van der Waals surface area contributed by atoms with Crippen molar-refractivity contribution in [3.05, 3.63) is 273 Å². The quantitative estimate of drug-likeness (QED) is 0.150. The summed E-state index contributed by atoms with van der Waals surface area (Å²) in [6, 6.07) is 93.8. The van der Waals surface area contributed by atoms with E-state index in [0.717, 1.165) is 78.3 Å². The molecule has 0 N–H and O–H groups in total. The van der Waals surface area contributed by atoms with Crippen molar-refractivity contribution in [2.75, 3.05) is 0 Å². The minimum Gasteiger partial charge on any atom is -0.247 e. The summed E-state index contributed by atoms with van der Waals surface area (Å²) in [5, 5.41) is 7.34. The summed E-state index contributed by atoms with van der Waals surface area (Å²) in [6.45, 7) is 0. The topological polar surface area (TPSA) is 90.2 Å². The Hall–Kier alpha value is -10.5. The molecule has 0 saturated carbocycles. The van der Waals surface area contributed by atoms with Gasteiger partial charge in [-0.3, -0.25) is 0 Å². The Morgan fingerprint density at radius 3 is 1.20 bits per heavy atom. The zero-order valence-electron chi connectivity index (χ0n) is 43.9. The third-order valence-electron chi connectivity index (χ3n) is 14.8. The van der Waals surface area contributed by atoms with Gasteiger partial charge in [-0.2, -0.15) is 0 Å². The van der Waals surface area contributed by atoms with Gasteiger partial charge in [0, 0.05) is 90.9 Å². The van der Waals surface area contributed by atoms with Crippen molar-refractivity contribution in [3.8, 4) is 90.6 Å². The van der Waals surface area contributed by atoms with Crippen LogP contribution >= 0.6 is 22.7 Å². The van der Waals surface area contributed by atoms with E-state index in [0.29, 0.717) is 23.3 Å². The van der Waals surface area contributed by atoms with E-state index in [1.165, 1.54) is 51.1 Å². The molecule has 0 atom stereocenters.